The highest BCUT2D eigenvalue weighted by Crippen LogP contribution is 2.19. The van der Waals surface area contributed by atoms with E-state index in [4.69, 9.17) is 0 Å². The molecule has 0 aliphatic carbocycles. The van der Waals surface area contributed by atoms with E-state index >= 15 is 0 Å². The van der Waals surface area contributed by atoms with Crippen LogP contribution in [0.15, 0.2) is 12.4 Å². The maximum Gasteiger partial charge on any atom is 0.236 e. The Morgan fingerprint density at radius 2 is 2.25 bits per heavy atom. The third kappa shape index (κ3) is 3.03. The predicted octanol–water partition coefficient (Wildman–Crippen LogP) is 1.000. The summed E-state index contributed by atoms with van der Waals surface area (Å²) in [6.45, 7) is 4.51. The van der Waals surface area contributed by atoms with E-state index in [2.05, 4.69) is 27.7 Å². The standard InChI is InChI=1S/C15H24N4O/c1-17(12-15(20)18-7-2-3-8-18)10-13-4-5-14-16-6-9-19(14)11-13/h6,9,13H,2-5,7-8,10-12H2,1H3/t13-/m0/s1. The van der Waals surface area contributed by atoms with Gasteiger partial charge in [0.2, 0.25) is 5.91 Å². The van der Waals surface area contributed by atoms with E-state index in [9.17, 15) is 4.79 Å². The van der Waals surface area contributed by atoms with Gasteiger partial charge in [-0.3, -0.25) is 9.69 Å². The molecule has 5 nitrogen and oxygen atoms in total. The summed E-state index contributed by atoms with van der Waals surface area (Å²) in [4.78, 5) is 20.7. The lowest BCUT2D eigenvalue weighted by molar-refractivity contribution is -0.131. The van der Waals surface area contributed by atoms with Gasteiger partial charge in [-0.15, -0.1) is 0 Å². The second kappa shape index (κ2) is 5.95. The number of rotatable bonds is 4. The quantitative estimate of drug-likeness (QED) is 0.824. The molecule has 20 heavy (non-hydrogen) atoms. The summed E-state index contributed by atoms with van der Waals surface area (Å²) in [7, 11) is 2.07. The van der Waals surface area contributed by atoms with E-state index in [-0.39, 0.29) is 0 Å². The van der Waals surface area contributed by atoms with Crippen LogP contribution in [0.4, 0.5) is 0 Å². The fourth-order valence-corrected chi connectivity index (χ4v) is 3.39. The number of carbonyl (C=O) groups excluding carboxylic acids is 1. The lowest BCUT2D eigenvalue weighted by Gasteiger charge is -2.28. The summed E-state index contributed by atoms with van der Waals surface area (Å²) >= 11 is 0. The molecule has 0 saturated carbocycles. The Morgan fingerprint density at radius 3 is 3.05 bits per heavy atom. The minimum Gasteiger partial charge on any atom is -0.342 e. The summed E-state index contributed by atoms with van der Waals surface area (Å²) in [6, 6.07) is 0. The van der Waals surface area contributed by atoms with Crippen LogP contribution in [0, 0.1) is 5.92 Å². The third-order valence-corrected chi connectivity index (χ3v) is 4.47. The first kappa shape index (κ1) is 13.6. The van der Waals surface area contributed by atoms with Gasteiger partial charge in [-0.1, -0.05) is 0 Å². The van der Waals surface area contributed by atoms with Crippen molar-refractivity contribution in [1.82, 2.24) is 19.4 Å². The van der Waals surface area contributed by atoms with E-state index in [1.165, 1.54) is 25.1 Å². The van der Waals surface area contributed by atoms with Gasteiger partial charge in [0.15, 0.2) is 0 Å². The molecule has 3 heterocycles. The van der Waals surface area contributed by atoms with E-state index in [1.807, 2.05) is 11.1 Å². The van der Waals surface area contributed by atoms with E-state index in [0.29, 0.717) is 18.4 Å². The van der Waals surface area contributed by atoms with E-state index in [1.54, 1.807) is 0 Å². The Labute approximate surface area is 120 Å². The van der Waals surface area contributed by atoms with Crippen LogP contribution in [0.1, 0.15) is 25.1 Å². The summed E-state index contributed by atoms with van der Waals surface area (Å²) in [6.07, 6.45) is 8.53. The van der Waals surface area contributed by atoms with Crippen molar-refractivity contribution in [2.24, 2.45) is 5.92 Å². The number of nitrogens with zero attached hydrogens (tertiary/aromatic N) is 4. The van der Waals surface area contributed by atoms with Crippen molar-refractivity contribution in [3.63, 3.8) is 0 Å². The van der Waals surface area contributed by atoms with E-state index < -0.39 is 0 Å². The lowest BCUT2D eigenvalue weighted by atomic mass is 9.99. The molecule has 110 valence electrons. The molecule has 0 spiro atoms. The van der Waals surface area contributed by atoms with Gasteiger partial charge in [0.05, 0.1) is 6.54 Å². The Morgan fingerprint density at radius 1 is 1.45 bits per heavy atom. The summed E-state index contributed by atoms with van der Waals surface area (Å²) in [5, 5.41) is 0. The van der Waals surface area contributed by atoms with Gasteiger partial charge < -0.3 is 9.47 Å². The van der Waals surface area contributed by atoms with Crippen LogP contribution < -0.4 is 0 Å². The number of likely N-dealkylation sites (tertiary alicyclic amines) is 1. The van der Waals surface area contributed by atoms with Crippen LogP contribution in [0.3, 0.4) is 0 Å². The highest BCUT2D eigenvalue weighted by Gasteiger charge is 2.23. The molecule has 1 aromatic rings. The van der Waals surface area contributed by atoms with Gasteiger partial charge in [0, 0.05) is 45.0 Å². The molecule has 1 aromatic heterocycles. The number of imidazole rings is 1. The summed E-state index contributed by atoms with van der Waals surface area (Å²) in [5.74, 6) is 2.13. The van der Waals surface area contributed by atoms with Crippen LogP contribution in [-0.4, -0.2) is 58.5 Å². The predicted molar refractivity (Wildman–Crippen MR) is 77.3 cm³/mol. The maximum absolute atomic E-state index is 12.1. The average Bonchev–Trinajstić information content (AvgIpc) is 3.09. The molecule has 1 fully saturated rings. The number of amides is 1. The Bertz CT molecular complexity index is 464. The average molecular weight is 276 g/mol. The zero-order chi connectivity index (χ0) is 13.9. The molecule has 2 aliphatic rings. The lowest BCUT2D eigenvalue weighted by Crippen LogP contribution is -2.40. The molecule has 1 amide bonds. The van der Waals surface area contributed by atoms with Crippen LogP contribution in [-0.2, 0) is 17.8 Å². The first-order valence-corrected chi connectivity index (χ1v) is 7.68. The molecule has 1 saturated heterocycles. The Hall–Kier alpha value is -1.36. The maximum atomic E-state index is 12.1. The number of fused-ring (bicyclic) bond motifs is 1. The first-order valence-electron chi connectivity index (χ1n) is 7.68. The van der Waals surface area contributed by atoms with Crippen LogP contribution in [0.5, 0.6) is 0 Å². The molecular weight excluding hydrogens is 252 g/mol. The summed E-state index contributed by atoms with van der Waals surface area (Å²) in [5.41, 5.74) is 0. The largest absolute Gasteiger partial charge is 0.342 e. The zero-order valence-corrected chi connectivity index (χ0v) is 12.3. The van der Waals surface area contributed by atoms with Crippen molar-refractivity contribution in [2.75, 3.05) is 33.2 Å². The molecular formula is C15H24N4O. The van der Waals surface area contributed by atoms with Crippen molar-refractivity contribution in [3.8, 4) is 0 Å². The second-order valence-electron chi connectivity index (χ2n) is 6.19. The number of aryl methyl sites for hydroxylation is 1. The topological polar surface area (TPSA) is 41.4 Å². The van der Waals surface area contributed by atoms with Crippen molar-refractivity contribution in [3.05, 3.63) is 18.2 Å². The smallest absolute Gasteiger partial charge is 0.236 e. The first-order chi connectivity index (χ1) is 9.72. The molecule has 3 rings (SSSR count). The molecule has 0 bridgehead atoms. The van der Waals surface area contributed by atoms with E-state index in [0.717, 1.165) is 32.6 Å². The summed E-state index contributed by atoms with van der Waals surface area (Å²) < 4.78 is 2.25. The Kier molecular flexibility index (Phi) is 4.05. The van der Waals surface area contributed by atoms with Crippen molar-refractivity contribution < 1.29 is 4.79 Å². The minimum absolute atomic E-state index is 0.295. The molecule has 5 heteroatoms. The molecule has 0 N–H and O–H groups in total. The second-order valence-corrected chi connectivity index (χ2v) is 6.19. The normalized spacial score (nSPS) is 22.3. The molecule has 0 unspecified atom stereocenters. The third-order valence-electron chi connectivity index (χ3n) is 4.47. The number of hydrogen-bond acceptors (Lipinski definition) is 3. The van der Waals surface area contributed by atoms with Gasteiger partial charge in [0.1, 0.15) is 5.82 Å². The highest BCUT2D eigenvalue weighted by atomic mass is 16.2. The molecule has 1 atom stereocenters. The van der Waals surface area contributed by atoms with Crippen molar-refractivity contribution in [2.45, 2.75) is 32.2 Å². The highest BCUT2D eigenvalue weighted by molar-refractivity contribution is 5.78. The van der Waals surface area contributed by atoms with Crippen LogP contribution in [0.2, 0.25) is 0 Å². The Balaban J connectivity index is 1.47. The fraction of sp³-hybridized carbons (Fsp3) is 0.733. The number of carbonyl (C=O) groups is 1. The van der Waals surface area contributed by atoms with Gasteiger partial charge in [0.25, 0.3) is 0 Å². The zero-order valence-electron chi connectivity index (χ0n) is 12.3. The molecule has 0 aromatic carbocycles. The van der Waals surface area contributed by atoms with Gasteiger partial charge >= 0.3 is 0 Å². The van der Waals surface area contributed by atoms with Crippen molar-refractivity contribution in [1.29, 1.82) is 0 Å². The van der Waals surface area contributed by atoms with Gasteiger partial charge in [-0.05, 0) is 32.2 Å². The van der Waals surface area contributed by atoms with Gasteiger partial charge in [-0.2, -0.15) is 0 Å². The van der Waals surface area contributed by atoms with Crippen molar-refractivity contribution >= 4 is 5.91 Å². The number of likely N-dealkylation sites (N-methyl/N-ethyl adjacent to an activating group) is 1. The molecule has 2 aliphatic heterocycles. The fourth-order valence-electron chi connectivity index (χ4n) is 3.39. The number of aromatic nitrogens is 2. The van der Waals surface area contributed by atoms with Gasteiger partial charge in [-0.25, -0.2) is 4.98 Å². The minimum atomic E-state index is 0.295. The van der Waals surface area contributed by atoms with Crippen LogP contribution in [0.25, 0.3) is 0 Å². The monoisotopic (exact) mass is 276 g/mol. The molecule has 0 radical (unpaired) electrons. The van der Waals surface area contributed by atoms with Crippen LogP contribution >= 0.6 is 0 Å². The number of hydrogen-bond donors (Lipinski definition) is 0. The SMILES string of the molecule is CN(CC(=O)N1CCCC1)C[C@@H]1CCc2nccn2C1.